The summed E-state index contributed by atoms with van der Waals surface area (Å²) in [5, 5.41) is 0. The van der Waals surface area contributed by atoms with Gasteiger partial charge in [-0.15, -0.1) is 0 Å². The summed E-state index contributed by atoms with van der Waals surface area (Å²) in [7, 11) is 2.13. The monoisotopic (exact) mass is 222 g/mol. The second-order valence-corrected chi connectivity index (χ2v) is 4.76. The Balaban J connectivity index is 2.15. The van der Waals surface area contributed by atoms with Crippen molar-refractivity contribution < 1.29 is 4.39 Å². The maximum atomic E-state index is 12.8. The molecule has 2 nitrogen and oxygen atoms in total. The number of likely N-dealkylation sites (tertiary alicyclic amines) is 1. The highest BCUT2D eigenvalue weighted by atomic mass is 19.1. The van der Waals surface area contributed by atoms with Gasteiger partial charge in [0, 0.05) is 12.1 Å². The highest BCUT2D eigenvalue weighted by Crippen LogP contribution is 2.30. The number of rotatable bonds is 3. The Morgan fingerprint density at radius 2 is 2.06 bits per heavy atom. The third kappa shape index (κ3) is 2.11. The van der Waals surface area contributed by atoms with Crippen LogP contribution < -0.4 is 5.73 Å². The number of nitrogens with two attached hydrogens (primary N) is 1. The lowest BCUT2D eigenvalue weighted by Crippen LogP contribution is -2.49. The Morgan fingerprint density at radius 1 is 1.38 bits per heavy atom. The van der Waals surface area contributed by atoms with Crippen molar-refractivity contribution in [2.24, 2.45) is 5.73 Å². The molecule has 1 aromatic rings. The van der Waals surface area contributed by atoms with E-state index in [4.69, 9.17) is 5.73 Å². The summed E-state index contributed by atoms with van der Waals surface area (Å²) in [4.78, 5) is 2.34. The molecule has 1 saturated heterocycles. The first-order valence-electron chi connectivity index (χ1n) is 5.82. The van der Waals surface area contributed by atoms with Gasteiger partial charge < -0.3 is 5.73 Å². The smallest absolute Gasteiger partial charge is 0.123 e. The minimum Gasteiger partial charge on any atom is -0.329 e. The molecule has 1 unspecified atom stereocenters. The van der Waals surface area contributed by atoms with Gasteiger partial charge in [0.2, 0.25) is 0 Å². The molecule has 88 valence electrons. The summed E-state index contributed by atoms with van der Waals surface area (Å²) in [5.74, 6) is -0.176. The molecule has 0 aromatic heterocycles. The van der Waals surface area contributed by atoms with Crippen LogP contribution in [0.3, 0.4) is 0 Å². The predicted molar refractivity (Wildman–Crippen MR) is 63.8 cm³/mol. The largest absolute Gasteiger partial charge is 0.329 e. The molecule has 1 heterocycles. The average molecular weight is 222 g/mol. The van der Waals surface area contributed by atoms with Gasteiger partial charge in [0.05, 0.1) is 0 Å². The molecule has 16 heavy (non-hydrogen) atoms. The van der Waals surface area contributed by atoms with Gasteiger partial charge in [0.25, 0.3) is 0 Å². The Bertz CT molecular complexity index is 349. The van der Waals surface area contributed by atoms with E-state index in [1.165, 1.54) is 24.1 Å². The standard InChI is InChI=1S/C13H19FN2/c1-16-8-2-7-13(16,10-15)9-11-3-5-12(14)6-4-11/h3-6H,2,7-10,15H2,1H3. The highest BCUT2D eigenvalue weighted by molar-refractivity contribution is 5.20. The lowest BCUT2D eigenvalue weighted by Gasteiger charge is -2.35. The Morgan fingerprint density at radius 3 is 2.56 bits per heavy atom. The van der Waals surface area contributed by atoms with Crippen molar-refractivity contribution in [2.45, 2.75) is 24.8 Å². The Labute approximate surface area is 96.2 Å². The maximum absolute atomic E-state index is 12.8. The number of likely N-dealkylation sites (N-methyl/N-ethyl adjacent to an activating group) is 1. The first-order chi connectivity index (χ1) is 7.66. The molecule has 1 aromatic carbocycles. The number of halogens is 1. The zero-order valence-electron chi connectivity index (χ0n) is 9.75. The van der Waals surface area contributed by atoms with Crippen molar-refractivity contribution in [1.82, 2.24) is 4.90 Å². The van der Waals surface area contributed by atoms with E-state index < -0.39 is 0 Å². The van der Waals surface area contributed by atoms with Crippen LogP contribution in [0.1, 0.15) is 18.4 Å². The molecule has 1 atom stereocenters. The molecule has 0 aliphatic carbocycles. The highest BCUT2D eigenvalue weighted by Gasteiger charge is 2.37. The Hall–Kier alpha value is -0.930. The maximum Gasteiger partial charge on any atom is 0.123 e. The average Bonchev–Trinajstić information content (AvgIpc) is 2.64. The molecular formula is C13H19FN2. The fraction of sp³-hybridized carbons (Fsp3) is 0.538. The topological polar surface area (TPSA) is 29.3 Å². The molecule has 0 bridgehead atoms. The van der Waals surface area contributed by atoms with E-state index in [1.807, 2.05) is 12.1 Å². The molecule has 1 fully saturated rings. The number of hydrogen-bond acceptors (Lipinski definition) is 2. The normalized spacial score (nSPS) is 26.2. The van der Waals surface area contributed by atoms with Gasteiger partial charge in [-0.05, 0) is 50.6 Å². The predicted octanol–water partition coefficient (Wildman–Crippen LogP) is 1.79. The minimum absolute atomic E-state index is 0.0812. The molecule has 3 heteroatoms. The van der Waals surface area contributed by atoms with Crippen LogP contribution in [0.25, 0.3) is 0 Å². The first-order valence-corrected chi connectivity index (χ1v) is 5.82. The van der Waals surface area contributed by atoms with Gasteiger partial charge in [0.15, 0.2) is 0 Å². The molecule has 0 spiro atoms. The molecule has 0 saturated carbocycles. The van der Waals surface area contributed by atoms with Crippen molar-refractivity contribution >= 4 is 0 Å². The lowest BCUT2D eigenvalue weighted by atomic mass is 9.88. The second-order valence-electron chi connectivity index (χ2n) is 4.76. The van der Waals surface area contributed by atoms with Gasteiger partial charge >= 0.3 is 0 Å². The van der Waals surface area contributed by atoms with Crippen LogP contribution in [-0.2, 0) is 6.42 Å². The van der Waals surface area contributed by atoms with Crippen molar-refractivity contribution in [3.05, 3.63) is 35.6 Å². The lowest BCUT2D eigenvalue weighted by molar-refractivity contribution is 0.181. The summed E-state index contributed by atoms with van der Waals surface area (Å²) in [6, 6.07) is 6.76. The molecular weight excluding hydrogens is 203 g/mol. The molecule has 2 N–H and O–H groups in total. The van der Waals surface area contributed by atoms with E-state index in [2.05, 4.69) is 11.9 Å². The number of nitrogens with zero attached hydrogens (tertiary/aromatic N) is 1. The van der Waals surface area contributed by atoms with Crippen molar-refractivity contribution in [3.8, 4) is 0 Å². The van der Waals surface area contributed by atoms with Crippen LogP contribution in [-0.4, -0.2) is 30.6 Å². The summed E-state index contributed by atoms with van der Waals surface area (Å²) in [6.45, 7) is 1.78. The van der Waals surface area contributed by atoms with Gasteiger partial charge in [-0.3, -0.25) is 4.90 Å². The zero-order valence-corrected chi connectivity index (χ0v) is 9.75. The number of benzene rings is 1. The SMILES string of the molecule is CN1CCCC1(CN)Cc1ccc(F)cc1. The summed E-state index contributed by atoms with van der Waals surface area (Å²) in [6.07, 6.45) is 3.26. The van der Waals surface area contributed by atoms with E-state index in [0.717, 1.165) is 19.4 Å². The molecule has 0 amide bonds. The fourth-order valence-corrected chi connectivity index (χ4v) is 2.61. The second kappa shape index (κ2) is 4.52. The van der Waals surface area contributed by atoms with Crippen LogP contribution in [0.15, 0.2) is 24.3 Å². The Kier molecular flexibility index (Phi) is 3.26. The summed E-state index contributed by atoms with van der Waals surface area (Å²) >= 11 is 0. The van der Waals surface area contributed by atoms with Gasteiger partial charge in [-0.1, -0.05) is 12.1 Å². The molecule has 2 rings (SSSR count). The van der Waals surface area contributed by atoms with Crippen LogP contribution >= 0.6 is 0 Å². The fourth-order valence-electron chi connectivity index (χ4n) is 2.61. The van der Waals surface area contributed by atoms with Crippen molar-refractivity contribution in [1.29, 1.82) is 0 Å². The minimum atomic E-state index is -0.176. The number of hydrogen-bond donors (Lipinski definition) is 1. The summed E-state index contributed by atoms with van der Waals surface area (Å²) in [5.41, 5.74) is 7.17. The zero-order chi connectivity index (χ0) is 11.6. The third-order valence-corrected chi connectivity index (χ3v) is 3.77. The van der Waals surface area contributed by atoms with Crippen LogP contribution in [0.2, 0.25) is 0 Å². The van der Waals surface area contributed by atoms with E-state index in [-0.39, 0.29) is 11.4 Å². The van der Waals surface area contributed by atoms with Gasteiger partial charge in [0.1, 0.15) is 5.82 Å². The molecule has 1 aliphatic heterocycles. The van der Waals surface area contributed by atoms with E-state index >= 15 is 0 Å². The van der Waals surface area contributed by atoms with Crippen molar-refractivity contribution in [2.75, 3.05) is 20.1 Å². The van der Waals surface area contributed by atoms with E-state index in [0.29, 0.717) is 6.54 Å². The van der Waals surface area contributed by atoms with E-state index in [9.17, 15) is 4.39 Å². The van der Waals surface area contributed by atoms with Crippen LogP contribution in [0, 0.1) is 5.82 Å². The first kappa shape index (κ1) is 11.6. The third-order valence-electron chi connectivity index (χ3n) is 3.77. The van der Waals surface area contributed by atoms with E-state index in [1.54, 1.807) is 0 Å². The van der Waals surface area contributed by atoms with Gasteiger partial charge in [-0.25, -0.2) is 4.39 Å². The van der Waals surface area contributed by atoms with Crippen molar-refractivity contribution in [3.63, 3.8) is 0 Å². The summed E-state index contributed by atoms with van der Waals surface area (Å²) < 4.78 is 12.8. The molecule has 0 radical (unpaired) electrons. The van der Waals surface area contributed by atoms with Crippen LogP contribution in [0.5, 0.6) is 0 Å². The van der Waals surface area contributed by atoms with Gasteiger partial charge in [-0.2, -0.15) is 0 Å². The molecule has 1 aliphatic rings. The van der Waals surface area contributed by atoms with Crippen LogP contribution in [0.4, 0.5) is 4.39 Å². The quantitative estimate of drug-likeness (QED) is 0.845.